The van der Waals surface area contributed by atoms with Crippen molar-refractivity contribution in [1.82, 2.24) is 19.1 Å². The number of nitrogens with one attached hydrogen (secondary N) is 1. The van der Waals surface area contributed by atoms with Crippen molar-refractivity contribution in [1.29, 1.82) is 0 Å². The number of anilines is 1. The van der Waals surface area contributed by atoms with Crippen LogP contribution < -0.4 is 10.9 Å². The molecule has 0 aliphatic heterocycles. The molecule has 7 nitrogen and oxygen atoms in total. The number of hydrogen-bond acceptors (Lipinski definition) is 6. The average Bonchev–Trinajstić information content (AvgIpc) is 3.23. The van der Waals surface area contributed by atoms with E-state index < -0.39 is 0 Å². The maximum Gasteiger partial charge on any atom is 0.261 e. The number of hydrogen-bond donors (Lipinski definition) is 1. The van der Waals surface area contributed by atoms with E-state index in [1.807, 2.05) is 48.7 Å². The summed E-state index contributed by atoms with van der Waals surface area (Å²) in [5.74, 6) is -0.167. The van der Waals surface area contributed by atoms with Crippen molar-refractivity contribution in [2.75, 3.05) is 5.32 Å². The monoisotopic (exact) mass is 391 g/mol. The molecule has 2 heterocycles. The van der Waals surface area contributed by atoms with Crippen LogP contribution in [0, 0.1) is 6.92 Å². The van der Waals surface area contributed by atoms with Crippen LogP contribution in [-0.4, -0.2) is 25.0 Å². The average molecular weight is 391 g/mol. The predicted molar refractivity (Wildman–Crippen MR) is 109 cm³/mol. The van der Waals surface area contributed by atoms with Gasteiger partial charge in [0.1, 0.15) is 5.69 Å². The van der Waals surface area contributed by atoms with E-state index in [2.05, 4.69) is 19.9 Å². The number of aromatic nitrogens is 4. The first-order valence-electron chi connectivity index (χ1n) is 8.74. The summed E-state index contributed by atoms with van der Waals surface area (Å²) in [4.78, 5) is 29.2. The molecule has 0 radical (unpaired) electrons. The van der Waals surface area contributed by atoms with Crippen molar-refractivity contribution >= 4 is 34.0 Å². The van der Waals surface area contributed by atoms with Gasteiger partial charge in [-0.25, -0.2) is 4.98 Å². The minimum Gasteiger partial charge on any atom is -0.326 e. The van der Waals surface area contributed by atoms with E-state index in [-0.39, 0.29) is 24.4 Å². The Morgan fingerprint density at radius 3 is 2.75 bits per heavy atom. The Morgan fingerprint density at radius 1 is 1.18 bits per heavy atom. The summed E-state index contributed by atoms with van der Waals surface area (Å²) in [5, 5.41) is 9.29. The lowest BCUT2D eigenvalue weighted by Gasteiger charge is -2.09. The van der Waals surface area contributed by atoms with Gasteiger partial charge >= 0.3 is 0 Å². The van der Waals surface area contributed by atoms with Gasteiger partial charge in [0.15, 0.2) is 0 Å². The molecule has 0 fully saturated rings. The summed E-state index contributed by atoms with van der Waals surface area (Å²) in [5.41, 5.74) is 3.95. The van der Waals surface area contributed by atoms with Gasteiger partial charge in [-0.15, -0.1) is 5.10 Å². The van der Waals surface area contributed by atoms with E-state index in [9.17, 15) is 9.59 Å². The summed E-state index contributed by atoms with van der Waals surface area (Å²) in [6.07, 6.45) is 1.68. The Kier molecular flexibility index (Phi) is 4.94. The standard InChI is InChI=1S/C20H17N5O2S/c1-13-3-2-4-16-19(13)21-12-25(20(16)27)10-9-18(26)22-15-7-5-14(6-8-15)17-11-28-24-23-17/h2-8,11-12H,9-10H2,1H3,(H,22,26). The molecule has 1 amide bonds. The van der Waals surface area contributed by atoms with E-state index in [0.29, 0.717) is 16.6 Å². The van der Waals surface area contributed by atoms with E-state index in [0.717, 1.165) is 16.8 Å². The van der Waals surface area contributed by atoms with Crippen LogP contribution in [-0.2, 0) is 11.3 Å². The lowest BCUT2D eigenvalue weighted by Crippen LogP contribution is -2.23. The fourth-order valence-electron chi connectivity index (χ4n) is 2.96. The van der Waals surface area contributed by atoms with Gasteiger partial charge in [-0.3, -0.25) is 14.2 Å². The molecule has 0 bridgehead atoms. The number of rotatable bonds is 5. The van der Waals surface area contributed by atoms with Gasteiger partial charge in [-0.05, 0) is 42.2 Å². The van der Waals surface area contributed by atoms with Crippen molar-refractivity contribution < 1.29 is 4.79 Å². The third-order valence-corrected chi connectivity index (χ3v) is 4.96. The number of nitrogens with zero attached hydrogens (tertiary/aromatic N) is 4. The highest BCUT2D eigenvalue weighted by Gasteiger charge is 2.09. The fraction of sp³-hybridized carbons (Fsp3) is 0.150. The first kappa shape index (κ1) is 18.0. The summed E-state index contributed by atoms with van der Waals surface area (Å²) in [7, 11) is 0. The van der Waals surface area contributed by atoms with Crippen LogP contribution in [0.4, 0.5) is 5.69 Å². The molecule has 8 heteroatoms. The summed E-state index contributed by atoms with van der Waals surface area (Å²) in [6.45, 7) is 2.19. The van der Waals surface area contributed by atoms with E-state index in [4.69, 9.17) is 0 Å². The van der Waals surface area contributed by atoms with Gasteiger partial charge in [-0.1, -0.05) is 28.8 Å². The number of carbonyl (C=O) groups excluding carboxylic acids is 1. The van der Waals surface area contributed by atoms with Gasteiger partial charge < -0.3 is 5.32 Å². The van der Waals surface area contributed by atoms with Gasteiger partial charge in [-0.2, -0.15) is 0 Å². The van der Waals surface area contributed by atoms with Crippen LogP contribution in [0.5, 0.6) is 0 Å². The molecular weight excluding hydrogens is 374 g/mol. The van der Waals surface area contributed by atoms with Crippen LogP contribution in [0.25, 0.3) is 22.2 Å². The largest absolute Gasteiger partial charge is 0.326 e. The molecule has 4 aromatic rings. The second kappa shape index (κ2) is 7.69. The third kappa shape index (κ3) is 3.67. The molecule has 0 aliphatic carbocycles. The van der Waals surface area contributed by atoms with Crippen molar-refractivity contribution in [2.45, 2.75) is 19.9 Å². The second-order valence-electron chi connectivity index (χ2n) is 6.38. The maximum atomic E-state index is 12.6. The SMILES string of the molecule is Cc1cccc2c(=O)n(CCC(=O)Nc3ccc(-c4csnn4)cc3)cnc12. The molecule has 4 rings (SSSR count). The zero-order valence-corrected chi connectivity index (χ0v) is 15.9. The number of amides is 1. The molecule has 1 N–H and O–H groups in total. The van der Waals surface area contributed by atoms with Crippen molar-refractivity contribution in [3.63, 3.8) is 0 Å². The number of benzene rings is 2. The fourth-order valence-corrected chi connectivity index (χ4v) is 3.42. The Balaban J connectivity index is 1.41. The van der Waals surface area contributed by atoms with Crippen LogP contribution >= 0.6 is 11.5 Å². The molecule has 2 aromatic heterocycles. The van der Waals surface area contributed by atoms with Gasteiger partial charge in [0, 0.05) is 29.6 Å². The molecule has 28 heavy (non-hydrogen) atoms. The highest BCUT2D eigenvalue weighted by Crippen LogP contribution is 2.20. The molecular formula is C20H17N5O2S. The summed E-state index contributed by atoms with van der Waals surface area (Å²) >= 11 is 1.29. The zero-order chi connectivity index (χ0) is 19.5. The summed E-state index contributed by atoms with van der Waals surface area (Å²) in [6, 6.07) is 12.9. The minimum atomic E-state index is -0.167. The first-order chi connectivity index (χ1) is 13.6. The minimum absolute atomic E-state index is 0.136. The van der Waals surface area contributed by atoms with E-state index in [1.165, 1.54) is 22.4 Å². The molecule has 2 aromatic carbocycles. The predicted octanol–water partition coefficient (Wildman–Crippen LogP) is 3.25. The zero-order valence-electron chi connectivity index (χ0n) is 15.1. The lowest BCUT2D eigenvalue weighted by atomic mass is 10.1. The van der Waals surface area contributed by atoms with E-state index >= 15 is 0 Å². The quantitative estimate of drug-likeness (QED) is 0.564. The smallest absolute Gasteiger partial charge is 0.261 e. The summed E-state index contributed by atoms with van der Waals surface area (Å²) < 4.78 is 5.31. The van der Waals surface area contributed by atoms with Crippen molar-refractivity contribution in [3.8, 4) is 11.3 Å². The van der Waals surface area contributed by atoms with Crippen LogP contribution in [0.1, 0.15) is 12.0 Å². The van der Waals surface area contributed by atoms with Crippen LogP contribution in [0.2, 0.25) is 0 Å². The Labute approximate surface area is 164 Å². The van der Waals surface area contributed by atoms with Gasteiger partial charge in [0.25, 0.3) is 5.56 Å². The number of para-hydroxylation sites is 1. The van der Waals surface area contributed by atoms with Crippen molar-refractivity contribution in [3.05, 3.63) is 70.1 Å². The molecule has 0 unspecified atom stereocenters. The molecule has 0 saturated carbocycles. The number of fused-ring (bicyclic) bond motifs is 1. The Morgan fingerprint density at radius 2 is 2.00 bits per heavy atom. The highest BCUT2D eigenvalue weighted by atomic mass is 32.1. The molecule has 0 aliphatic rings. The topological polar surface area (TPSA) is 89.8 Å². The normalized spacial score (nSPS) is 10.9. The van der Waals surface area contributed by atoms with Crippen molar-refractivity contribution in [2.24, 2.45) is 0 Å². The van der Waals surface area contributed by atoms with Gasteiger partial charge in [0.05, 0.1) is 17.2 Å². The van der Waals surface area contributed by atoms with E-state index in [1.54, 1.807) is 6.07 Å². The van der Waals surface area contributed by atoms with Crippen LogP contribution in [0.15, 0.2) is 59.0 Å². The highest BCUT2D eigenvalue weighted by molar-refractivity contribution is 7.03. The Bertz CT molecular complexity index is 1180. The first-order valence-corrected chi connectivity index (χ1v) is 9.57. The molecule has 0 spiro atoms. The third-order valence-electron chi connectivity index (χ3n) is 4.46. The Hall–Kier alpha value is -3.39. The van der Waals surface area contributed by atoms with Gasteiger partial charge in [0.2, 0.25) is 5.91 Å². The maximum absolute atomic E-state index is 12.6. The molecule has 0 atom stereocenters. The number of aryl methyl sites for hydroxylation is 2. The molecule has 140 valence electrons. The lowest BCUT2D eigenvalue weighted by molar-refractivity contribution is -0.116. The molecule has 0 saturated heterocycles. The number of carbonyl (C=O) groups is 1. The second-order valence-corrected chi connectivity index (χ2v) is 6.99. The van der Waals surface area contributed by atoms with Crippen LogP contribution in [0.3, 0.4) is 0 Å².